The minimum atomic E-state index is -0.345. The van der Waals surface area contributed by atoms with E-state index < -0.39 is 0 Å². The fourth-order valence-electron chi connectivity index (χ4n) is 3.75. The smallest absolute Gasteiger partial charge is 0.276 e. The Morgan fingerprint density at radius 2 is 1.73 bits per heavy atom. The molecule has 2 heterocycles. The van der Waals surface area contributed by atoms with Crippen molar-refractivity contribution < 1.29 is 23.6 Å². The zero-order chi connectivity index (χ0) is 26.0. The third-order valence-electron chi connectivity index (χ3n) is 5.75. The molecule has 190 valence electrons. The lowest BCUT2D eigenvalue weighted by molar-refractivity contribution is -0.121. The van der Waals surface area contributed by atoms with Crippen LogP contribution in [0.15, 0.2) is 83.6 Å². The summed E-state index contributed by atoms with van der Waals surface area (Å²) in [6, 6.07) is 20.1. The molecule has 9 nitrogen and oxygen atoms in total. The van der Waals surface area contributed by atoms with Gasteiger partial charge in [-0.25, -0.2) is 0 Å². The van der Waals surface area contributed by atoms with Gasteiger partial charge in [-0.1, -0.05) is 35.5 Å². The van der Waals surface area contributed by atoms with E-state index in [0.717, 1.165) is 11.1 Å². The maximum Gasteiger partial charge on any atom is 0.276 e. The second kappa shape index (κ2) is 12.3. The normalized spacial score (nSPS) is 10.5. The number of carbonyl (C=O) groups excluding carboxylic acids is 2. The van der Waals surface area contributed by atoms with Gasteiger partial charge in [0.15, 0.2) is 11.5 Å². The van der Waals surface area contributed by atoms with Gasteiger partial charge in [-0.2, -0.15) is 0 Å². The fourth-order valence-corrected chi connectivity index (χ4v) is 3.75. The van der Waals surface area contributed by atoms with Crippen LogP contribution in [0.2, 0.25) is 0 Å². The summed E-state index contributed by atoms with van der Waals surface area (Å²) in [6.45, 7) is 0.922. The van der Waals surface area contributed by atoms with Crippen molar-refractivity contribution in [3.05, 3.63) is 95.9 Å². The van der Waals surface area contributed by atoms with Crippen molar-refractivity contribution >= 4 is 11.8 Å². The highest BCUT2D eigenvalue weighted by Gasteiger charge is 2.23. The van der Waals surface area contributed by atoms with Gasteiger partial charge in [-0.05, 0) is 41.5 Å². The van der Waals surface area contributed by atoms with Crippen molar-refractivity contribution in [1.29, 1.82) is 0 Å². The van der Waals surface area contributed by atoms with E-state index >= 15 is 0 Å². The maximum absolute atomic E-state index is 13.5. The highest BCUT2D eigenvalue weighted by atomic mass is 16.5. The molecule has 2 amide bonds. The zero-order valence-corrected chi connectivity index (χ0v) is 20.7. The summed E-state index contributed by atoms with van der Waals surface area (Å²) in [7, 11) is 3.12. The van der Waals surface area contributed by atoms with Crippen molar-refractivity contribution in [1.82, 2.24) is 20.4 Å². The zero-order valence-electron chi connectivity index (χ0n) is 20.7. The first kappa shape index (κ1) is 25.4. The van der Waals surface area contributed by atoms with E-state index in [1.165, 1.54) is 0 Å². The van der Waals surface area contributed by atoms with Crippen LogP contribution in [0.25, 0.3) is 11.3 Å². The van der Waals surface area contributed by atoms with Gasteiger partial charge in [-0.15, -0.1) is 0 Å². The molecule has 0 aliphatic heterocycles. The predicted octanol–water partition coefficient (Wildman–Crippen LogP) is 4.10. The number of nitrogens with zero attached hydrogens (tertiary/aromatic N) is 3. The first-order chi connectivity index (χ1) is 18.1. The molecule has 9 heteroatoms. The molecule has 0 fully saturated rings. The van der Waals surface area contributed by atoms with Gasteiger partial charge < -0.3 is 24.2 Å². The SMILES string of the molecule is COc1ccc(OC)c(-c2cc(C(=O)N(CCC(=O)NCc3ccncc3)Cc3ccccc3)no2)c1. The van der Waals surface area contributed by atoms with E-state index in [1.807, 2.05) is 42.5 Å². The van der Waals surface area contributed by atoms with E-state index in [9.17, 15) is 9.59 Å². The molecule has 0 unspecified atom stereocenters. The molecule has 4 rings (SSSR count). The standard InChI is InChI=1S/C28H28N4O5/c1-35-22-8-9-25(36-2)23(16-22)26-17-24(31-37-26)28(34)32(19-21-6-4-3-5-7-21)15-12-27(33)30-18-20-10-13-29-14-11-20/h3-11,13-14,16-17H,12,15,18-19H2,1-2H3,(H,30,33). The minimum Gasteiger partial charge on any atom is -0.497 e. The van der Waals surface area contributed by atoms with Gasteiger partial charge >= 0.3 is 0 Å². The molecule has 0 aliphatic rings. The topological polar surface area (TPSA) is 107 Å². The number of amides is 2. The number of benzene rings is 2. The quantitative estimate of drug-likeness (QED) is 0.330. The number of methoxy groups -OCH3 is 2. The Kier molecular flexibility index (Phi) is 8.49. The first-order valence-electron chi connectivity index (χ1n) is 11.8. The summed E-state index contributed by atoms with van der Waals surface area (Å²) >= 11 is 0. The summed E-state index contributed by atoms with van der Waals surface area (Å²) in [4.78, 5) is 31.6. The number of carbonyl (C=O) groups is 2. The lowest BCUT2D eigenvalue weighted by atomic mass is 10.1. The number of hydrogen-bond donors (Lipinski definition) is 1. The highest BCUT2D eigenvalue weighted by Crippen LogP contribution is 2.34. The van der Waals surface area contributed by atoms with Crippen LogP contribution < -0.4 is 14.8 Å². The van der Waals surface area contributed by atoms with Crippen LogP contribution in [-0.2, 0) is 17.9 Å². The Hall–Kier alpha value is -4.66. The van der Waals surface area contributed by atoms with Crippen LogP contribution in [0, 0.1) is 0 Å². The summed E-state index contributed by atoms with van der Waals surface area (Å²) in [5, 5.41) is 6.90. The third-order valence-corrected chi connectivity index (χ3v) is 5.75. The second-order valence-corrected chi connectivity index (χ2v) is 8.24. The van der Waals surface area contributed by atoms with E-state index in [2.05, 4.69) is 15.5 Å². The van der Waals surface area contributed by atoms with Crippen molar-refractivity contribution in [2.45, 2.75) is 19.5 Å². The molecular formula is C28H28N4O5. The fraction of sp³-hybridized carbons (Fsp3) is 0.214. The van der Waals surface area contributed by atoms with Crippen molar-refractivity contribution in [3.63, 3.8) is 0 Å². The minimum absolute atomic E-state index is 0.132. The molecule has 0 bridgehead atoms. The van der Waals surface area contributed by atoms with Gasteiger partial charge in [0.05, 0.1) is 19.8 Å². The van der Waals surface area contributed by atoms with Crippen LogP contribution in [-0.4, -0.2) is 47.6 Å². The molecular weight excluding hydrogens is 472 g/mol. The molecule has 0 aliphatic carbocycles. The number of pyridine rings is 1. The summed E-state index contributed by atoms with van der Waals surface area (Å²) < 4.78 is 16.2. The van der Waals surface area contributed by atoms with E-state index in [-0.39, 0.29) is 30.5 Å². The molecule has 0 saturated carbocycles. The number of aromatic nitrogens is 2. The third kappa shape index (κ3) is 6.72. The van der Waals surface area contributed by atoms with Crippen molar-refractivity contribution in [2.75, 3.05) is 20.8 Å². The Balaban J connectivity index is 1.49. The van der Waals surface area contributed by atoms with Gasteiger partial charge in [-0.3, -0.25) is 14.6 Å². The number of nitrogens with one attached hydrogen (secondary N) is 1. The Bertz CT molecular complexity index is 1320. The first-order valence-corrected chi connectivity index (χ1v) is 11.8. The maximum atomic E-state index is 13.5. The monoisotopic (exact) mass is 500 g/mol. The molecule has 2 aromatic heterocycles. The van der Waals surface area contributed by atoms with Gasteiger partial charge in [0.25, 0.3) is 5.91 Å². The number of rotatable bonds is 11. The Labute approximate surface area is 215 Å². The van der Waals surface area contributed by atoms with Gasteiger partial charge in [0, 0.05) is 44.5 Å². The highest BCUT2D eigenvalue weighted by molar-refractivity contribution is 5.93. The molecule has 37 heavy (non-hydrogen) atoms. The van der Waals surface area contributed by atoms with Gasteiger partial charge in [0.1, 0.15) is 11.5 Å². The molecule has 1 N–H and O–H groups in total. The molecule has 0 radical (unpaired) electrons. The Morgan fingerprint density at radius 1 is 0.946 bits per heavy atom. The van der Waals surface area contributed by atoms with E-state index in [4.69, 9.17) is 14.0 Å². The van der Waals surface area contributed by atoms with Crippen molar-refractivity contribution in [2.24, 2.45) is 0 Å². The molecule has 0 atom stereocenters. The Morgan fingerprint density at radius 3 is 2.46 bits per heavy atom. The number of hydrogen-bond acceptors (Lipinski definition) is 7. The average molecular weight is 501 g/mol. The second-order valence-electron chi connectivity index (χ2n) is 8.24. The van der Waals surface area contributed by atoms with Crippen LogP contribution in [0.3, 0.4) is 0 Å². The van der Waals surface area contributed by atoms with Crippen LogP contribution in [0.5, 0.6) is 11.5 Å². The predicted molar refractivity (Wildman–Crippen MR) is 137 cm³/mol. The molecule has 4 aromatic rings. The van der Waals surface area contributed by atoms with Crippen LogP contribution in [0.4, 0.5) is 0 Å². The molecule has 2 aromatic carbocycles. The molecule has 0 spiro atoms. The average Bonchev–Trinajstić information content (AvgIpc) is 3.45. The lowest BCUT2D eigenvalue weighted by Gasteiger charge is -2.21. The lowest BCUT2D eigenvalue weighted by Crippen LogP contribution is -2.35. The van der Waals surface area contributed by atoms with E-state index in [1.54, 1.807) is 55.8 Å². The van der Waals surface area contributed by atoms with Crippen LogP contribution in [0.1, 0.15) is 28.0 Å². The summed E-state index contributed by atoms with van der Waals surface area (Å²) in [6.07, 6.45) is 3.49. The van der Waals surface area contributed by atoms with Crippen molar-refractivity contribution in [3.8, 4) is 22.8 Å². The summed E-state index contributed by atoms with van der Waals surface area (Å²) in [5.74, 6) is 1.03. The largest absolute Gasteiger partial charge is 0.497 e. The number of ether oxygens (including phenoxy) is 2. The van der Waals surface area contributed by atoms with E-state index in [0.29, 0.717) is 35.9 Å². The molecule has 0 saturated heterocycles. The van der Waals surface area contributed by atoms with Gasteiger partial charge in [0.2, 0.25) is 5.91 Å². The summed E-state index contributed by atoms with van der Waals surface area (Å²) in [5.41, 5.74) is 2.63. The van der Waals surface area contributed by atoms with Crippen LogP contribution >= 0.6 is 0 Å².